The summed E-state index contributed by atoms with van der Waals surface area (Å²) in [6.45, 7) is 2.97. The van der Waals surface area contributed by atoms with Crippen molar-refractivity contribution in [2.75, 3.05) is 13.1 Å². The highest BCUT2D eigenvalue weighted by Crippen LogP contribution is 2.30. The van der Waals surface area contributed by atoms with Crippen LogP contribution in [-0.4, -0.2) is 39.1 Å². The Balaban J connectivity index is 1.42. The van der Waals surface area contributed by atoms with Crippen LogP contribution in [0.1, 0.15) is 40.7 Å². The average Bonchev–Trinajstić information content (AvgIpc) is 3.19. The van der Waals surface area contributed by atoms with Crippen LogP contribution < -0.4 is 0 Å². The Hall–Kier alpha value is -3.09. The third-order valence-corrected chi connectivity index (χ3v) is 4.83. The summed E-state index contributed by atoms with van der Waals surface area (Å²) in [4.78, 5) is 18.4. The van der Waals surface area contributed by atoms with Gasteiger partial charge in [0.15, 0.2) is 0 Å². The molecule has 4 rings (SSSR count). The van der Waals surface area contributed by atoms with Crippen LogP contribution in [0, 0.1) is 12.7 Å². The topological polar surface area (TPSA) is 72.1 Å². The van der Waals surface area contributed by atoms with Crippen molar-refractivity contribution in [2.24, 2.45) is 0 Å². The molecule has 1 saturated heterocycles. The normalized spacial score (nSPS) is 15.1. The average molecular weight is 366 g/mol. The van der Waals surface area contributed by atoms with Crippen molar-refractivity contribution >= 4 is 5.91 Å². The van der Waals surface area contributed by atoms with Gasteiger partial charge in [-0.3, -0.25) is 9.78 Å². The van der Waals surface area contributed by atoms with Crippen LogP contribution in [0.25, 0.3) is 11.5 Å². The van der Waals surface area contributed by atoms with Gasteiger partial charge in [0.1, 0.15) is 5.82 Å². The van der Waals surface area contributed by atoms with Crippen LogP contribution >= 0.6 is 0 Å². The largest absolute Gasteiger partial charge is 0.420 e. The number of likely N-dealkylation sites (tertiary alicyclic amines) is 1. The molecule has 0 radical (unpaired) electrons. The summed E-state index contributed by atoms with van der Waals surface area (Å²) in [6.07, 6.45) is 3.12. The zero-order chi connectivity index (χ0) is 18.8. The van der Waals surface area contributed by atoms with Gasteiger partial charge in [-0.15, -0.1) is 10.2 Å². The number of hydrogen-bond acceptors (Lipinski definition) is 5. The highest BCUT2D eigenvalue weighted by atomic mass is 19.1. The van der Waals surface area contributed by atoms with Crippen LogP contribution in [0.3, 0.4) is 0 Å². The number of rotatable bonds is 3. The van der Waals surface area contributed by atoms with E-state index in [1.54, 1.807) is 23.2 Å². The lowest BCUT2D eigenvalue weighted by Gasteiger charge is -2.30. The summed E-state index contributed by atoms with van der Waals surface area (Å²) >= 11 is 0. The Labute approximate surface area is 156 Å². The first-order chi connectivity index (χ1) is 13.1. The number of aryl methyl sites for hydroxylation is 1. The predicted octanol–water partition coefficient (Wildman–Crippen LogP) is 3.60. The molecule has 3 heterocycles. The standard InChI is InChI=1S/C20H19FN4O2/c1-13-6-7-15(12-22-13)19-24-23-18(27-19)14-8-10-25(11-9-14)20(26)16-4-2-3-5-17(16)21/h2-7,12,14H,8-11H2,1H3. The number of nitrogens with zero attached hydrogens (tertiary/aromatic N) is 4. The van der Waals surface area contributed by atoms with E-state index in [2.05, 4.69) is 15.2 Å². The van der Waals surface area contributed by atoms with E-state index in [1.165, 1.54) is 12.1 Å². The fourth-order valence-electron chi connectivity index (χ4n) is 3.25. The van der Waals surface area contributed by atoms with Crippen LogP contribution in [0.4, 0.5) is 4.39 Å². The van der Waals surface area contributed by atoms with Gasteiger partial charge in [-0.05, 0) is 44.0 Å². The Bertz CT molecular complexity index is 947. The lowest BCUT2D eigenvalue weighted by Crippen LogP contribution is -2.38. The van der Waals surface area contributed by atoms with Gasteiger partial charge in [0.2, 0.25) is 11.8 Å². The molecule has 1 fully saturated rings. The molecule has 1 amide bonds. The summed E-state index contributed by atoms with van der Waals surface area (Å²) in [6, 6.07) is 9.86. The molecular weight excluding hydrogens is 347 g/mol. The van der Waals surface area contributed by atoms with E-state index in [1.807, 2.05) is 19.1 Å². The van der Waals surface area contributed by atoms with Crippen molar-refractivity contribution in [2.45, 2.75) is 25.7 Å². The van der Waals surface area contributed by atoms with Crippen LogP contribution in [0.15, 0.2) is 47.0 Å². The molecule has 27 heavy (non-hydrogen) atoms. The SMILES string of the molecule is Cc1ccc(-c2nnc(C3CCN(C(=O)c4ccccc4F)CC3)o2)cn1. The van der Waals surface area contributed by atoms with Gasteiger partial charge in [0, 0.05) is 30.9 Å². The number of amides is 1. The summed E-state index contributed by atoms with van der Waals surface area (Å²) in [5.41, 5.74) is 1.82. The van der Waals surface area contributed by atoms with Crippen LogP contribution in [0.2, 0.25) is 0 Å². The van der Waals surface area contributed by atoms with Crippen LogP contribution in [0.5, 0.6) is 0 Å². The van der Waals surface area contributed by atoms with E-state index < -0.39 is 5.82 Å². The number of pyridine rings is 1. The lowest BCUT2D eigenvalue weighted by molar-refractivity contribution is 0.0701. The number of halogens is 1. The minimum Gasteiger partial charge on any atom is -0.420 e. The molecule has 7 heteroatoms. The molecule has 0 spiro atoms. The number of carbonyl (C=O) groups is 1. The molecule has 1 aromatic carbocycles. The number of carbonyl (C=O) groups excluding carboxylic acids is 1. The molecule has 6 nitrogen and oxygen atoms in total. The molecule has 0 atom stereocenters. The maximum Gasteiger partial charge on any atom is 0.256 e. The number of aromatic nitrogens is 3. The Morgan fingerprint density at radius 2 is 1.93 bits per heavy atom. The number of piperidine rings is 1. The molecule has 2 aromatic heterocycles. The van der Waals surface area contributed by atoms with Crippen molar-refractivity contribution < 1.29 is 13.6 Å². The molecule has 0 N–H and O–H groups in total. The summed E-state index contributed by atoms with van der Waals surface area (Å²) in [5, 5.41) is 8.29. The predicted molar refractivity (Wildman–Crippen MR) is 96.5 cm³/mol. The third kappa shape index (κ3) is 3.58. The number of hydrogen-bond donors (Lipinski definition) is 0. The van der Waals surface area contributed by atoms with Gasteiger partial charge in [-0.1, -0.05) is 12.1 Å². The van der Waals surface area contributed by atoms with Crippen molar-refractivity contribution in [3.8, 4) is 11.5 Å². The minimum atomic E-state index is -0.488. The fourth-order valence-corrected chi connectivity index (χ4v) is 3.25. The molecule has 0 saturated carbocycles. The number of benzene rings is 1. The Morgan fingerprint density at radius 3 is 2.63 bits per heavy atom. The van der Waals surface area contributed by atoms with Crippen molar-refractivity contribution in [1.29, 1.82) is 0 Å². The van der Waals surface area contributed by atoms with Gasteiger partial charge in [0.05, 0.1) is 11.1 Å². The first kappa shape index (κ1) is 17.3. The first-order valence-corrected chi connectivity index (χ1v) is 8.92. The van der Waals surface area contributed by atoms with Crippen LogP contribution in [-0.2, 0) is 0 Å². The summed E-state index contributed by atoms with van der Waals surface area (Å²) in [7, 11) is 0. The summed E-state index contributed by atoms with van der Waals surface area (Å²) < 4.78 is 19.7. The van der Waals surface area contributed by atoms with Crippen molar-refractivity contribution in [1.82, 2.24) is 20.1 Å². The van der Waals surface area contributed by atoms with E-state index in [0.717, 1.165) is 11.3 Å². The maximum atomic E-state index is 13.8. The van der Waals surface area contributed by atoms with E-state index in [9.17, 15) is 9.18 Å². The van der Waals surface area contributed by atoms with Crippen molar-refractivity contribution in [3.63, 3.8) is 0 Å². The van der Waals surface area contributed by atoms with Gasteiger partial charge in [-0.2, -0.15) is 0 Å². The molecule has 0 aliphatic carbocycles. The highest BCUT2D eigenvalue weighted by molar-refractivity contribution is 5.94. The zero-order valence-corrected chi connectivity index (χ0v) is 14.9. The molecule has 1 aliphatic heterocycles. The maximum absolute atomic E-state index is 13.8. The van der Waals surface area contributed by atoms with Gasteiger partial charge >= 0.3 is 0 Å². The monoisotopic (exact) mass is 366 g/mol. The Kier molecular flexibility index (Phi) is 4.66. The molecular formula is C20H19FN4O2. The second-order valence-electron chi connectivity index (χ2n) is 6.68. The van der Waals surface area contributed by atoms with Crippen molar-refractivity contribution in [3.05, 3.63) is 65.6 Å². The van der Waals surface area contributed by atoms with Gasteiger partial charge in [0.25, 0.3) is 5.91 Å². The Morgan fingerprint density at radius 1 is 1.15 bits per heavy atom. The fraction of sp³-hybridized carbons (Fsp3) is 0.300. The van der Waals surface area contributed by atoms with E-state index in [-0.39, 0.29) is 17.4 Å². The van der Waals surface area contributed by atoms with Gasteiger partial charge in [-0.25, -0.2) is 4.39 Å². The quantitative estimate of drug-likeness (QED) is 0.708. The summed E-state index contributed by atoms with van der Waals surface area (Å²) in [5.74, 6) is 0.349. The second-order valence-corrected chi connectivity index (χ2v) is 6.68. The van der Waals surface area contributed by atoms with E-state index in [0.29, 0.717) is 37.7 Å². The third-order valence-electron chi connectivity index (χ3n) is 4.83. The minimum absolute atomic E-state index is 0.0920. The second kappa shape index (κ2) is 7.26. The zero-order valence-electron chi connectivity index (χ0n) is 14.9. The lowest BCUT2D eigenvalue weighted by atomic mass is 9.96. The first-order valence-electron chi connectivity index (χ1n) is 8.92. The molecule has 0 bridgehead atoms. The molecule has 1 aliphatic rings. The van der Waals surface area contributed by atoms with E-state index >= 15 is 0 Å². The smallest absolute Gasteiger partial charge is 0.256 e. The molecule has 3 aromatic rings. The van der Waals surface area contributed by atoms with E-state index in [4.69, 9.17) is 4.42 Å². The van der Waals surface area contributed by atoms with Gasteiger partial charge < -0.3 is 9.32 Å². The molecule has 0 unspecified atom stereocenters. The highest BCUT2D eigenvalue weighted by Gasteiger charge is 2.28. The molecule has 138 valence electrons.